The second-order valence-corrected chi connectivity index (χ2v) is 5.98. The number of halogens is 2. The number of carbonyl (C=O) groups is 1. The smallest absolute Gasteiger partial charge is 0.257 e. The van der Waals surface area contributed by atoms with E-state index in [0.717, 1.165) is 22.3 Å². The summed E-state index contributed by atoms with van der Waals surface area (Å²) in [7, 11) is 0. The number of hydrogen-bond donors (Lipinski definition) is 2. The van der Waals surface area contributed by atoms with E-state index in [-0.39, 0.29) is 5.91 Å². The second kappa shape index (κ2) is 6.96. The molecule has 0 aliphatic carbocycles. The van der Waals surface area contributed by atoms with Gasteiger partial charge in [0.1, 0.15) is 0 Å². The summed E-state index contributed by atoms with van der Waals surface area (Å²) in [6, 6.07) is 11.0. The summed E-state index contributed by atoms with van der Waals surface area (Å²) >= 11 is 9.47. The third kappa shape index (κ3) is 3.99. The summed E-state index contributed by atoms with van der Waals surface area (Å²) in [5.74, 6) is -0.185. The van der Waals surface area contributed by atoms with Gasteiger partial charge < -0.3 is 10.6 Å². The van der Waals surface area contributed by atoms with Crippen molar-refractivity contribution in [1.82, 2.24) is 0 Å². The van der Waals surface area contributed by atoms with E-state index in [4.69, 9.17) is 11.6 Å². The molecule has 5 heteroatoms. The zero-order valence-electron chi connectivity index (χ0n) is 11.8. The highest BCUT2D eigenvalue weighted by Gasteiger charge is 2.13. The molecule has 0 aliphatic heterocycles. The SMILES string of the molecule is CCNc1cc(C)ccc1C(=O)Nc1ccc(Br)cc1Cl. The topological polar surface area (TPSA) is 41.1 Å². The van der Waals surface area contributed by atoms with Gasteiger partial charge in [-0.3, -0.25) is 4.79 Å². The Hall–Kier alpha value is -1.52. The lowest BCUT2D eigenvalue weighted by Gasteiger charge is -2.13. The van der Waals surface area contributed by atoms with E-state index in [0.29, 0.717) is 16.3 Å². The van der Waals surface area contributed by atoms with Gasteiger partial charge in [0, 0.05) is 16.7 Å². The third-order valence-electron chi connectivity index (χ3n) is 2.97. The fourth-order valence-electron chi connectivity index (χ4n) is 1.97. The summed E-state index contributed by atoms with van der Waals surface area (Å²) < 4.78 is 0.870. The molecule has 3 nitrogen and oxygen atoms in total. The van der Waals surface area contributed by atoms with Crippen LogP contribution in [0.15, 0.2) is 40.9 Å². The molecule has 0 atom stereocenters. The normalized spacial score (nSPS) is 10.3. The van der Waals surface area contributed by atoms with Gasteiger partial charge in [-0.05, 0) is 49.7 Å². The van der Waals surface area contributed by atoms with Crippen LogP contribution in [0.2, 0.25) is 5.02 Å². The Kier molecular flexibility index (Phi) is 5.26. The number of aryl methyl sites for hydroxylation is 1. The molecular weight excluding hydrogens is 352 g/mol. The molecule has 2 aromatic carbocycles. The van der Waals surface area contributed by atoms with Crippen LogP contribution in [0.4, 0.5) is 11.4 Å². The lowest BCUT2D eigenvalue weighted by Crippen LogP contribution is -2.15. The third-order valence-corrected chi connectivity index (χ3v) is 3.77. The van der Waals surface area contributed by atoms with Gasteiger partial charge in [0.15, 0.2) is 0 Å². The van der Waals surface area contributed by atoms with Crippen molar-refractivity contribution in [3.63, 3.8) is 0 Å². The molecule has 1 amide bonds. The lowest BCUT2D eigenvalue weighted by atomic mass is 10.1. The molecule has 0 saturated carbocycles. The molecule has 110 valence electrons. The van der Waals surface area contributed by atoms with Crippen molar-refractivity contribution in [3.05, 3.63) is 57.0 Å². The summed E-state index contributed by atoms with van der Waals surface area (Å²) in [6.45, 7) is 4.74. The molecule has 2 aromatic rings. The molecule has 2 N–H and O–H groups in total. The Balaban J connectivity index is 2.28. The number of carbonyl (C=O) groups excluding carboxylic acids is 1. The number of anilines is 2. The van der Waals surface area contributed by atoms with Crippen molar-refractivity contribution in [3.8, 4) is 0 Å². The van der Waals surface area contributed by atoms with Gasteiger partial charge in [0.05, 0.1) is 16.3 Å². The van der Waals surface area contributed by atoms with Crippen molar-refractivity contribution in [2.75, 3.05) is 17.2 Å². The van der Waals surface area contributed by atoms with Gasteiger partial charge in [0.2, 0.25) is 0 Å². The highest BCUT2D eigenvalue weighted by Crippen LogP contribution is 2.27. The summed E-state index contributed by atoms with van der Waals surface area (Å²) in [6.07, 6.45) is 0. The van der Waals surface area contributed by atoms with E-state index in [1.807, 2.05) is 38.1 Å². The minimum Gasteiger partial charge on any atom is -0.385 e. The molecular formula is C16H16BrClN2O. The molecule has 0 aromatic heterocycles. The number of hydrogen-bond acceptors (Lipinski definition) is 2. The van der Waals surface area contributed by atoms with Gasteiger partial charge in [-0.25, -0.2) is 0 Å². The van der Waals surface area contributed by atoms with Crippen molar-refractivity contribution < 1.29 is 4.79 Å². The van der Waals surface area contributed by atoms with Gasteiger partial charge in [-0.1, -0.05) is 33.6 Å². The second-order valence-electron chi connectivity index (χ2n) is 4.66. The van der Waals surface area contributed by atoms with Crippen LogP contribution in [-0.2, 0) is 0 Å². The van der Waals surface area contributed by atoms with Crippen LogP contribution < -0.4 is 10.6 Å². The first-order valence-corrected chi connectivity index (χ1v) is 7.79. The molecule has 0 unspecified atom stereocenters. The quantitative estimate of drug-likeness (QED) is 0.790. The maximum atomic E-state index is 12.4. The predicted molar refractivity (Wildman–Crippen MR) is 92.4 cm³/mol. The molecule has 21 heavy (non-hydrogen) atoms. The van der Waals surface area contributed by atoms with Crippen LogP contribution in [0.3, 0.4) is 0 Å². The highest BCUT2D eigenvalue weighted by atomic mass is 79.9. The maximum Gasteiger partial charge on any atom is 0.257 e. The maximum absolute atomic E-state index is 12.4. The first kappa shape index (κ1) is 15.9. The van der Waals surface area contributed by atoms with Gasteiger partial charge in [-0.15, -0.1) is 0 Å². The van der Waals surface area contributed by atoms with E-state index in [9.17, 15) is 4.79 Å². The van der Waals surface area contributed by atoms with Gasteiger partial charge in [0.25, 0.3) is 5.91 Å². The van der Waals surface area contributed by atoms with E-state index >= 15 is 0 Å². The number of nitrogens with one attached hydrogen (secondary N) is 2. The molecule has 0 fully saturated rings. The first-order chi connectivity index (χ1) is 10.0. The summed E-state index contributed by atoms with van der Waals surface area (Å²) in [5.41, 5.74) is 3.11. The largest absolute Gasteiger partial charge is 0.385 e. The van der Waals surface area contributed by atoms with Gasteiger partial charge in [-0.2, -0.15) is 0 Å². The van der Waals surface area contributed by atoms with E-state index in [2.05, 4.69) is 26.6 Å². The van der Waals surface area contributed by atoms with Crippen molar-refractivity contribution in [2.24, 2.45) is 0 Å². The predicted octanol–water partition coefficient (Wildman–Crippen LogP) is 5.10. The van der Waals surface area contributed by atoms with Gasteiger partial charge >= 0.3 is 0 Å². The zero-order valence-corrected chi connectivity index (χ0v) is 14.2. The lowest BCUT2D eigenvalue weighted by molar-refractivity contribution is 0.102. The molecule has 0 heterocycles. The number of amides is 1. The summed E-state index contributed by atoms with van der Waals surface area (Å²) in [4.78, 5) is 12.4. The standard InChI is InChI=1S/C16H16BrClN2O/c1-3-19-15-8-10(2)4-6-12(15)16(21)20-14-7-5-11(17)9-13(14)18/h4-9,19H,3H2,1-2H3,(H,20,21). The molecule has 0 spiro atoms. The van der Waals surface area contributed by atoms with E-state index in [1.54, 1.807) is 12.1 Å². The van der Waals surface area contributed by atoms with Crippen LogP contribution in [0.1, 0.15) is 22.8 Å². The Labute approximate surface area is 137 Å². The van der Waals surface area contributed by atoms with Crippen LogP contribution in [0.25, 0.3) is 0 Å². The van der Waals surface area contributed by atoms with Crippen LogP contribution >= 0.6 is 27.5 Å². The van der Waals surface area contributed by atoms with Crippen LogP contribution in [-0.4, -0.2) is 12.5 Å². The highest BCUT2D eigenvalue weighted by molar-refractivity contribution is 9.10. The Bertz CT molecular complexity index is 673. The first-order valence-electron chi connectivity index (χ1n) is 6.62. The van der Waals surface area contributed by atoms with Crippen LogP contribution in [0.5, 0.6) is 0 Å². The fourth-order valence-corrected chi connectivity index (χ4v) is 2.69. The van der Waals surface area contributed by atoms with Crippen molar-refractivity contribution >= 4 is 44.8 Å². The monoisotopic (exact) mass is 366 g/mol. The molecule has 0 bridgehead atoms. The Morgan fingerprint density at radius 3 is 2.62 bits per heavy atom. The molecule has 0 saturated heterocycles. The molecule has 0 radical (unpaired) electrons. The van der Waals surface area contributed by atoms with E-state index < -0.39 is 0 Å². The number of benzene rings is 2. The Morgan fingerprint density at radius 1 is 1.19 bits per heavy atom. The zero-order chi connectivity index (χ0) is 15.4. The minimum absolute atomic E-state index is 0.185. The fraction of sp³-hybridized carbons (Fsp3) is 0.188. The average molecular weight is 368 g/mol. The molecule has 0 aliphatic rings. The minimum atomic E-state index is -0.185. The molecule has 2 rings (SSSR count). The summed E-state index contributed by atoms with van der Waals surface area (Å²) in [5, 5.41) is 6.54. The van der Waals surface area contributed by atoms with Crippen LogP contribution in [0, 0.1) is 6.92 Å². The Morgan fingerprint density at radius 2 is 1.95 bits per heavy atom. The average Bonchev–Trinajstić information content (AvgIpc) is 2.42. The van der Waals surface area contributed by atoms with Crippen molar-refractivity contribution in [2.45, 2.75) is 13.8 Å². The van der Waals surface area contributed by atoms with Crippen molar-refractivity contribution in [1.29, 1.82) is 0 Å². The number of rotatable bonds is 4. The van der Waals surface area contributed by atoms with E-state index in [1.165, 1.54) is 0 Å².